The fourth-order valence-electron chi connectivity index (χ4n) is 8.80. The van der Waals surface area contributed by atoms with Gasteiger partial charge in [0.15, 0.2) is 0 Å². The quantitative estimate of drug-likeness (QED) is 0.173. The molecular formula is C49H31NS2. The molecule has 3 heteroatoms. The van der Waals surface area contributed by atoms with E-state index >= 15 is 0 Å². The fraction of sp³-hybridized carbons (Fsp3) is 0.0204. The summed E-state index contributed by atoms with van der Waals surface area (Å²) in [6.07, 6.45) is 0. The smallest absolute Gasteiger partial charge is 0.0713 e. The van der Waals surface area contributed by atoms with E-state index in [1.807, 2.05) is 22.7 Å². The lowest BCUT2D eigenvalue weighted by molar-refractivity contribution is 0.768. The Balaban J connectivity index is 1.21. The van der Waals surface area contributed by atoms with Crippen LogP contribution in [0.2, 0.25) is 0 Å². The highest BCUT2D eigenvalue weighted by atomic mass is 32.1. The van der Waals surface area contributed by atoms with Crippen LogP contribution in [0.5, 0.6) is 0 Å². The highest BCUT2D eigenvalue weighted by Crippen LogP contribution is 2.57. The molecule has 0 radical (unpaired) electrons. The Kier molecular flexibility index (Phi) is 6.57. The maximum absolute atomic E-state index is 2.50. The van der Waals surface area contributed by atoms with Crippen molar-refractivity contribution in [3.63, 3.8) is 0 Å². The zero-order chi connectivity index (χ0) is 34.2. The van der Waals surface area contributed by atoms with Gasteiger partial charge in [0, 0.05) is 51.7 Å². The van der Waals surface area contributed by atoms with E-state index in [2.05, 4.69) is 193 Å². The predicted octanol–water partition coefficient (Wildman–Crippen LogP) is 14.3. The number of rotatable bonds is 5. The predicted molar refractivity (Wildman–Crippen MR) is 224 cm³/mol. The summed E-state index contributed by atoms with van der Waals surface area (Å²) in [5.74, 6) is 0. The molecule has 0 fully saturated rings. The van der Waals surface area contributed by atoms with Gasteiger partial charge in [0.25, 0.3) is 0 Å². The minimum Gasteiger partial charge on any atom is -0.310 e. The fourth-order valence-corrected chi connectivity index (χ4v) is 11.1. The monoisotopic (exact) mass is 697 g/mol. The number of hydrogen-bond donors (Lipinski definition) is 0. The van der Waals surface area contributed by atoms with Gasteiger partial charge in [-0.3, -0.25) is 0 Å². The molecule has 0 unspecified atom stereocenters. The molecule has 10 aromatic rings. The van der Waals surface area contributed by atoms with Gasteiger partial charge in [0.2, 0.25) is 0 Å². The van der Waals surface area contributed by atoms with Crippen LogP contribution in [-0.4, -0.2) is 0 Å². The third kappa shape index (κ3) is 4.21. The molecule has 2 heterocycles. The maximum Gasteiger partial charge on any atom is 0.0713 e. The van der Waals surface area contributed by atoms with E-state index in [9.17, 15) is 0 Å². The first-order valence-corrected chi connectivity index (χ1v) is 19.4. The molecule has 0 amide bonds. The van der Waals surface area contributed by atoms with E-state index in [0.717, 1.165) is 11.4 Å². The van der Waals surface area contributed by atoms with Crippen molar-refractivity contribution >= 4 is 80.1 Å². The summed E-state index contributed by atoms with van der Waals surface area (Å²) in [7, 11) is 0. The summed E-state index contributed by atoms with van der Waals surface area (Å²) < 4.78 is 5.22. The number of benzene rings is 8. The van der Waals surface area contributed by atoms with Crippen LogP contribution in [0.4, 0.5) is 17.1 Å². The average Bonchev–Trinajstić information content (AvgIpc) is 3.87. The van der Waals surface area contributed by atoms with Crippen LogP contribution in [0, 0.1) is 0 Å². The first kappa shape index (κ1) is 29.7. The van der Waals surface area contributed by atoms with Gasteiger partial charge in [-0.25, -0.2) is 0 Å². The van der Waals surface area contributed by atoms with Gasteiger partial charge in [0.05, 0.1) is 11.1 Å². The van der Waals surface area contributed by atoms with E-state index in [0.29, 0.717) is 0 Å². The molecule has 0 saturated carbocycles. The molecule has 0 atom stereocenters. The third-order valence-electron chi connectivity index (χ3n) is 10.9. The molecule has 244 valence electrons. The summed E-state index contributed by atoms with van der Waals surface area (Å²) in [5, 5.41) is 5.22. The normalized spacial score (nSPS) is 13.2. The van der Waals surface area contributed by atoms with Gasteiger partial charge in [-0.1, -0.05) is 140 Å². The van der Waals surface area contributed by atoms with Crippen molar-refractivity contribution < 1.29 is 0 Å². The van der Waals surface area contributed by atoms with E-state index in [1.54, 1.807) is 0 Å². The van der Waals surface area contributed by atoms with Gasteiger partial charge in [-0.05, 0) is 81.9 Å². The number of thiophene rings is 2. The molecule has 1 nitrogen and oxygen atoms in total. The van der Waals surface area contributed by atoms with Gasteiger partial charge >= 0.3 is 0 Å². The second-order valence-corrected chi connectivity index (χ2v) is 15.8. The van der Waals surface area contributed by atoms with Crippen molar-refractivity contribution in [1.82, 2.24) is 0 Å². The minimum absolute atomic E-state index is 0.433. The Labute approximate surface area is 310 Å². The van der Waals surface area contributed by atoms with Crippen LogP contribution in [0.15, 0.2) is 188 Å². The first-order valence-electron chi connectivity index (χ1n) is 17.8. The molecule has 11 rings (SSSR count). The van der Waals surface area contributed by atoms with Gasteiger partial charge in [-0.15, -0.1) is 22.7 Å². The van der Waals surface area contributed by atoms with Crippen molar-refractivity contribution in [2.24, 2.45) is 0 Å². The van der Waals surface area contributed by atoms with Crippen molar-refractivity contribution in [2.45, 2.75) is 5.41 Å². The molecule has 0 N–H and O–H groups in total. The van der Waals surface area contributed by atoms with Crippen LogP contribution in [0.1, 0.15) is 22.3 Å². The zero-order valence-electron chi connectivity index (χ0n) is 28.2. The van der Waals surface area contributed by atoms with Crippen molar-refractivity contribution in [1.29, 1.82) is 0 Å². The largest absolute Gasteiger partial charge is 0.310 e. The number of anilines is 3. The second-order valence-electron chi connectivity index (χ2n) is 13.6. The lowest BCUT2D eigenvalue weighted by Gasteiger charge is -2.34. The van der Waals surface area contributed by atoms with Gasteiger partial charge in [-0.2, -0.15) is 0 Å². The highest BCUT2D eigenvalue weighted by molar-refractivity contribution is 7.26. The molecular weight excluding hydrogens is 667 g/mol. The van der Waals surface area contributed by atoms with Crippen molar-refractivity contribution in [2.75, 3.05) is 4.90 Å². The van der Waals surface area contributed by atoms with Gasteiger partial charge < -0.3 is 4.90 Å². The van der Waals surface area contributed by atoms with Crippen LogP contribution in [0.25, 0.3) is 51.5 Å². The minimum atomic E-state index is -0.433. The molecule has 0 aliphatic heterocycles. The van der Waals surface area contributed by atoms with Crippen molar-refractivity contribution in [3.8, 4) is 11.1 Å². The Morgan fingerprint density at radius 1 is 0.365 bits per heavy atom. The number of hydrogen-bond acceptors (Lipinski definition) is 3. The zero-order valence-corrected chi connectivity index (χ0v) is 29.8. The first-order chi connectivity index (χ1) is 25.8. The van der Waals surface area contributed by atoms with Crippen LogP contribution >= 0.6 is 22.7 Å². The van der Waals surface area contributed by atoms with E-state index in [1.165, 1.54) is 79.4 Å². The van der Waals surface area contributed by atoms with E-state index in [4.69, 9.17) is 0 Å². The molecule has 0 bridgehead atoms. The topological polar surface area (TPSA) is 3.24 Å². The van der Waals surface area contributed by atoms with Crippen molar-refractivity contribution in [3.05, 3.63) is 210 Å². The Morgan fingerprint density at radius 3 is 1.71 bits per heavy atom. The molecule has 0 saturated heterocycles. The van der Waals surface area contributed by atoms with Gasteiger partial charge in [0.1, 0.15) is 0 Å². The number of fused-ring (bicyclic) bond motifs is 9. The molecule has 0 spiro atoms. The van der Waals surface area contributed by atoms with E-state index < -0.39 is 5.41 Å². The Morgan fingerprint density at radius 2 is 0.923 bits per heavy atom. The summed E-state index contributed by atoms with van der Waals surface area (Å²) in [4.78, 5) is 2.50. The Hall–Kier alpha value is -6.00. The average molecular weight is 698 g/mol. The van der Waals surface area contributed by atoms with Crippen LogP contribution < -0.4 is 4.90 Å². The highest BCUT2D eigenvalue weighted by Gasteiger charge is 2.46. The standard InChI is InChI=1S/C49H31NS2/c1-3-14-32(15-4-1)49(33-16-5-2-6-17-33)41-21-10-7-18-36(41)40-30-34(27-29-42(40)49)50(35-26-28-38-37-19-8-11-23-44(37)52-47(38)31-35)43-22-13-25-46-48(43)39-20-9-12-24-45(39)51-46/h1-31H. The molecule has 1 aliphatic carbocycles. The molecule has 8 aromatic carbocycles. The molecule has 2 aromatic heterocycles. The Bertz CT molecular complexity index is 2930. The third-order valence-corrected chi connectivity index (χ3v) is 13.2. The lowest BCUT2D eigenvalue weighted by Crippen LogP contribution is -2.28. The summed E-state index contributed by atoms with van der Waals surface area (Å²) >= 11 is 3.74. The van der Waals surface area contributed by atoms with E-state index in [-0.39, 0.29) is 0 Å². The molecule has 1 aliphatic rings. The van der Waals surface area contributed by atoms with Crippen LogP contribution in [0.3, 0.4) is 0 Å². The van der Waals surface area contributed by atoms with Crippen LogP contribution in [-0.2, 0) is 5.41 Å². The second kappa shape index (κ2) is 11.5. The summed E-state index contributed by atoms with van der Waals surface area (Å²) in [6.45, 7) is 0. The maximum atomic E-state index is 2.50. The summed E-state index contributed by atoms with van der Waals surface area (Å²) in [6, 6.07) is 69.8. The number of nitrogens with zero attached hydrogens (tertiary/aromatic N) is 1. The molecule has 52 heavy (non-hydrogen) atoms. The summed E-state index contributed by atoms with van der Waals surface area (Å²) in [5.41, 5.74) is 10.8. The SMILES string of the molecule is c1ccc(C2(c3ccccc3)c3ccccc3-c3cc(N(c4ccc5c(c4)sc4ccccc45)c4cccc5sc6ccccc6c45)ccc32)cc1. The lowest BCUT2D eigenvalue weighted by atomic mass is 9.68.